The molecule has 2 aromatic rings. The van der Waals surface area contributed by atoms with Gasteiger partial charge in [0.15, 0.2) is 11.5 Å². The third-order valence-electron chi connectivity index (χ3n) is 3.44. The Balaban J connectivity index is 1.67. The van der Waals surface area contributed by atoms with E-state index in [1.54, 1.807) is 22.1 Å². The molecule has 2 heterocycles. The predicted molar refractivity (Wildman–Crippen MR) is 89.0 cm³/mol. The summed E-state index contributed by atoms with van der Waals surface area (Å²) < 4.78 is 12.5. The van der Waals surface area contributed by atoms with E-state index < -0.39 is 0 Å². The van der Waals surface area contributed by atoms with Crippen LogP contribution in [0.4, 0.5) is 5.69 Å². The number of rotatable bonds is 4. The first kappa shape index (κ1) is 15.9. The highest BCUT2D eigenvalue weighted by Crippen LogP contribution is 2.37. The van der Waals surface area contributed by atoms with E-state index in [0.29, 0.717) is 42.0 Å². The standard InChI is InChI=1S/C15H15ClN2O4S/c1-9-8-23-15(20)18(9)3-2-14(19)17-11-7-13-12(6-10(11)16)21-4-5-22-13/h6-8H,2-5H2,1H3,(H,17,19). The van der Waals surface area contributed by atoms with Crippen LogP contribution in [0.3, 0.4) is 0 Å². The maximum atomic E-state index is 12.1. The molecule has 23 heavy (non-hydrogen) atoms. The summed E-state index contributed by atoms with van der Waals surface area (Å²) in [6, 6.07) is 3.27. The molecule has 0 aliphatic carbocycles. The molecule has 0 saturated carbocycles. The molecular weight excluding hydrogens is 340 g/mol. The van der Waals surface area contributed by atoms with E-state index in [1.165, 1.54) is 0 Å². The second-order valence-corrected chi connectivity index (χ2v) is 6.30. The van der Waals surface area contributed by atoms with E-state index in [-0.39, 0.29) is 17.2 Å². The molecule has 1 aromatic heterocycles. The highest BCUT2D eigenvalue weighted by molar-refractivity contribution is 7.07. The van der Waals surface area contributed by atoms with Gasteiger partial charge >= 0.3 is 4.87 Å². The van der Waals surface area contributed by atoms with Crippen LogP contribution in [0, 0.1) is 6.92 Å². The predicted octanol–water partition coefficient (Wildman–Crippen LogP) is 2.67. The monoisotopic (exact) mass is 354 g/mol. The van der Waals surface area contributed by atoms with E-state index in [0.717, 1.165) is 17.0 Å². The van der Waals surface area contributed by atoms with Crippen LogP contribution in [0.1, 0.15) is 12.1 Å². The van der Waals surface area contributed by atoms with Crippen molar-refractivity contribution in [1.82, 2.24) is 4.57 Å². The van der Waals surface area contributed by atoms with Crippen molar-refractivity contribution in [2.45, 2.75) is 19.9 Å². The second-order valence-electron chi connectivity index (χ2n) is 5.07. The molecule has 0 unspecified atom stereocenters. The molecule has 6 nitrogen and oxygen atoms in total. The fourth-order valence-corrected chi connectivity index (χ4v) is 3.22. The van der Waals surface area contributed by atoms with Crippen LogP contribution in [0.5, 0.6) is 11.5 Å². The zero-order valence-corrected chi connectivity index (χ0v) is 14.0. The number of carbonyl (C=O) groups is 1. The summed E-state index contributed by atoms with van der Waals surface area (Å²) in [5.74, 6) is 0.904. The van der Waals surface area contributed by atoms with E-state index in [9.17, 15) is 9.59 Å². The van der Waals surface area contributed by atoms with Gasteiger partial charge in [-0.05, 0) is 6.92 Å². The smallest absolute Gasteiger partial charge is 0.307 e. The van der Waals surface area contributed by atoms with Gasteiger partial charge in [-0.2, -0.15) is 0 Å². The summed E-state index contributed by atoms with van der Waals surface area (Å²) in [5.41, 5.74) is 1.32. The van der Waals surface area contributed by atoms with Crippen molar-refractivity contribution < 1.29 is 14.3 Å². The lowest BCUT2D eigenvalue weighted by atomic mass is 10.2. The highest BCUT2D eigenvalue weighted by atomic mass is 35.5. The molecule has 0 radical (unpaired) electrons. The van der Waals surface area contributed by atoms with Gasteiger partial charge in [-0.3, -0.25) is 9.59 Å². The van der Waals surface area contributed by atoms with E-state index in [1.807, 2.05) is 6.92 Å². The maximum Gasteiger partial charge on any atom is 0.307 e. The minimum Gasteiger partial charge on any atom is -0.486 e. The number of aryl methyl sites for hydroxylation is 1. The van der Waals surface area contributed by atoms with Crippen molar-refractivity contribution in [2.75, 3.05) is 18.5 Å². The summed E-state index contributed by atoms with van der Waals surface area (Å²) in [4.78, 5) is 23.7. The first-order valence-electron chi connectivity index (χ1n) is 7.08. The molecule has 3 rings (SSSR count). The Morgan fingerprint density at radius 3 is 2.70 bits per heavy atom. The molecule has 1 aliphatic rings. The molecule has 122 valence electrons. The van der Waals surface area contributed by atoms with Crippen LogP contribution in [-0.2, 0) is 11.3 Å². The number of ether oxygens (including phenoxy) is 2. The molecule has 8 heteroatoms. The zero-order valence-electron chi connectivity index (χ0n) is 12.4. The van der Waals surface area contributed by atoms with E-state index in [4.69, 9.17) is 21.1 Å². The summed E-state index contributed by atoms with van der Waals surface area (Å²) in [7, 11) is 0. The number of fused-ring (bicyclic) bond motifs is 1. The SMILES string of the molecule is Cc1csc(=O)n1CCC(=O)Nc1cc2c(cc1Cl)OCCO2. The lowest BCUT2D eigenvalue weighted by Crippen LogP contribution is -2.20. The first-order chi connectivity index (χ1) is 11.0. The van der Waals surface area contributed by atoms with Crippen molar-refractivity contribution in [1.29, 1.82) is 0 Å². The van der Waals surface area contributed by atoms with Crippen LogP contribution < -0.4 is 19.7 Å². The van der Waals surface area contributed by atoms with Gasteiger partial charge < -0.3 is 19.4 Å². The van der Waals surface area contributed by atoms with E-state index >= 15 is 0 Å². The Morgan fingerprint density at radius 2 is 2.04 bits per heavy atom. The number of benzene rings is 1. The van der Waals surface area contributed by atoms with Gasteiger partial charge in [-0.15, -0.1) is 0 Å². The number of hydrogen-bond acceptors (Lipinski definition) is 5. The zero-order chi connectivity index (χ0) is 16.4. The average Bonchev–Trinajstić information content (AvgIpc) is 2.85. The molecule has 1 amide bonds. The fraction of sp³-hybridized carbons (Fsp3) is 0.333. The van der Waals surface area contributed by atoms with E-state index in [2.05, 4.69) is 5.32 Å². The third-order valence-corrected chi connectivity index (χ3v) is 4.64. The number of anilines is 1. The van der Waals surface area contributed by atoms with Gasteiger partial charge in [-0.1, -0.05) is 22.9 Å². The molecule has 1 aromatic carbocycles. The summed E-state index contributed by atoms with van der Waals surface area (Å²) in [6.07, 6.45) is 0.183. The summed E-state index contributed by atoms with van der Waals surface area (Å²) in [5, 5.41) is 4.90. The summed E-state index contributed by atoms with van der Waals surface area (Å²) >= 11 is 7.28. The van der Waals surface area contributed by atoms with Crippen molar-refractivity contribution >= 4 is 34.5 Å². The quantitative estimate of drug-likeness (QED) is 0.916. The van der Waals surface area contributed by atoms with Crippen LogP contribution in [0.25, 0.3) is 0 Å². The Morgan fingerprint density at radius 1 is 1.35 bits per heavy atom. The number of thiazole rings is 1. The van der Waals surface area contributed by atoms with Crippen molar-refractivity contribution in [3.05, 3.63) is 37.9 Å². The number of amides is 1. The molecule has 0 fully saturated rings. The largest absolute Gasteiger partial charge is 0.486 e. The molecule has 0 atom stereocenters. The molecule has 0 bridgehead atoms. The Hall–Kier alpha value is -1.99. The van der Waals surface area contributed by atoms with Gasteiger partial charge in [-0.25, -0.2) is 0 Å². The van der Waals surface area contributed by atoms with Gasteiger partial charge in [0.05, 0.1) is 10.7 Å². The lowest BCUT2D eigenvalue weighted by Gasteiger charge is -2.20. The number of aromatic nitrogens is 1. The van der Waals surface area contributed by atoms with Crippen molar-refractivity contribution in [3.8, 4) is 11.5 Å². The number of carbonyl (C=O) groups excluding carboxylic acids is 1. The average molecular weight is 355 g/mol. The normalized spacial score (nSPS) is 13.0. The van der Waals surface area contributed by atoms with Crippen molar-refractivity contribution in [2.24, 2.45) is 0 Å². The van der Waals surface area contributed by atoms with Gasteiger partial charge in [0.2, 0.25) is 5.91 Å². The molecule has 0 saturated heterocycles. The third kappa shape index (κ3) is 3.51. The van der Waals surface area contributed by atoms with Gasteiger partial charge in [0, 0.05) is 36.2 Å². The second kappa shape index (κ2) is 6.64. The number of nitrogens with one attached hydrogen (secondary N) is 1. The van der Waals surface area contributed by atoms with Crippen LogP contribution in [0.2, 0.25) is 5.02 Å². The highest BCUT2D eigenvalue weighted by Gasteiger charge is 2.16. The Labute approximate surface area is 141 Å². The first-order valence-corrected chi connectivity index (χ1v) is 8.34. The number of nitrogens with zero attached hydrogens (tertiary/aromatic N) is 1. The minimum atomic E-state index is -0.221. The van der Waals surface area contributed by atoms with Crippen molar-refractivity contribution in [3.63, 3.8) is 0 Å². The van der Waals surface area contributed by atoms with Crippen LogP contribution in [0.15, 0.2) is 22.3 Å². The minimum absolute atomic E-state index is 0.0624. The number of halogens is 1. The maximum absolute atomic E-state index is 12.1. The van der Waals surface area contributed by atoms with Crippen LogP contribution >= 0.6 is 22.9 Å². The Kier molecular flexibility index (Phi) is 4.58. The molecular formula is C15H15ClN2O4S. The fourth-order valence-electron chi connectivity index (χ4n) is 2.26. The Bertz CT molecular complexity index is 799. The molecule has 1 N–H and O–H groups in total. The molecule has 1 aliphatic heterocycles. The topological polar surface area (TPSA) is 69.6 Å². The summed E-state index contributed by atoms with van der Waals surface area (Å²) in [6.45, 7) is 3.11. The van der Waals surface area contributed by atoms with Gasteiger partial charge in [0.1, 0.15) is 13.2 Å². The molecule has 0 spiro atoms. The lowest BCUT2D eigenvalue weighted by molar-refractivity contribution is -0.116. The number of hydrogen-bond donors (Lipinski definition) is 1. The van der Waals surface area contributed by atoms with Gasteiger partial charge in [0.25, 0.3) is 0 Å². The van der Waals surface area contributed by atoms with Crippen LogP contribution in [-0.4, -0.2) is 23.7 Å².